The van der Waals surface area contributed by atoms with Gasteiger partial charge in [-0.05, 0) is 36.4 Å². The molecule has 0 spiro atoms. The lowest BCUT2D eigenvalue weighted by Gasteiger charge is -2.10. The summed E-state index contributed by atoms with van der Waals surface area (Å²) in [7, 11) is 0. The van der Waals surface area contributed by atoms with E-state index in [1.807, 2.05) is 6.07 Å². The van der Waals surface area contributed by atoms with E-state index in [9.17, 15) is 14.4 Å². The number of aromatic nitrogens is 2. The fourth-order valence-electron chi connectivity index (χ4n) is 2.58. The molecule has 3 rings (SSSR count). The van der Waals surface area contributed by atoms with E-state index in [1.54, 1.807) is 54.7 Å². The minimum atomic E-state index is -0.512. The summed E-state index contributed by atoms with van der Waals surface area (Å²) >= 11 is 5.99. The molecular formula is C20H18ClN5O3. The van der Waals surface area contributed by atoms with Crippen LogP contribution in [0.4, 0.5) is 5.69 Å². The molecule has 2 aromatic carbocycles. The average Bonchev–Trinajstić information content (AvgIpc) is 3.18. The van der Waals surface area contributed by atoms with Gasteiger partial charge in [-0.1, -0.05) is 29.8 Å². The van der Waals surface area contributed by atoms with Crippen molar-refractivity contribution in [3.8, 4) is 5.69 Å². The van der Waals surface area contributed by atoms with Crippen LogP contribution in [0.15, 0.2) is 60.8 Å². The van der Waals surface area contributed by atoms with Crippen molar-refractivity contribution >= 4 is 35.0 Å². The van der Waals surface area contributed by atoms with Gasteiger partial charge in [-0.2, -0.15) is 5.10 Å². The Hall–Kier alpha value is -3.65. The van der Waals surface area contributed by atoms with E-state index >= 15 is 0 Å². The fourth-order valence-corrected chi connectivity index (χ4v) is 2.76. The fraction of sp³-hybridized carbons (Fsp3) is 0.100. The van der Waals surface area contributed by atoms with Gasteiger partial charge >= 0.3 is 0 Å². The van der Waals surface area contributed by atoms with Gasteiger partial charge in [0.2, 0.25) is 5.91 Å². The molecule has 0 aliphatic rings. The third-order valence-electron chi connectivity index (χ3n) is 3.97. The third-order valence-corrected chi connectivity index (χ3v) is 4.21. The Labute approximate surface area is 171 Å². The van der Waals surface area contributed by atoms with Crippen molar-refractivity contribution < 1.29 is 14.4 Å². The number of carbonyl (C=O) groups is 3. The van der Waals surface area contributed by atoms with Crippen molar-refractivity contribution in [1.82, 2.24) is 15.1 Å². The summed E-state index contributed by atoms with van der Waals surface area (Å²) in [6.07, 6.45) is 1.67. The first-order valence-electron chi connectivity index (χ1n) is 8.72. The number of carbonyl (C=O) groups excluding carboxylic acids is 3. The molecule has 3 amide bonds. The van der Waals surface area contributed by atoms with Crippen LogP contribution in [0.25, 0.3) is 5.69 Å². The molecule has 1 aromatic heterocycles. The van der Waals surface area contributed by atoms with Crippen LogP contribution in [0.2, 0.25) is 5.02 Å². The van der Waals surface area contributed by atoms with Gasteiger partial charge < -0.3 is 16.4 Å². The van der Waals surface area contributed by atoms with Crippen LogP contribution in [-0.2, 0) is 4.79 Å². The number of hydrogen-bond donors (Lipinski definition) is 3. The molecule has 4 N–H and O–H groups in total. The second-order valence-corrected chi connectivity index (χ2v) is 6.53. The monoisotopic (exact) mass is 411 g/mol. The minimum absolute atomic E-state index is 0.0290. The van der Waals surface area contributed by atoms with Gasteiger partial charge in [0.25, 0.3) is 11.8 Å². The molecule has 29 heavy (non-hydrogen) atoms. The highest BCUT2D eigenvalue weighted by molar-refractivity contribution is 6.30. The normalized spacial score (nSPS) is 10.4. The second-order valence-electron chi connectivity index (χ2n) is 6.10. The van der Waals surface area contributed by atoms with Crippen LogP contribution < -0.4 is 16.4 Å². The largest absolute Gasteiger partial charge is 0.370 e. The molecular weight excluding hydrogens is 394 g/mol. The Morgan fingerprint density at radius 1 is 1.03 bits per heavy atom. The van der Waals surface area contributed by atoms with Crippen LogP contribution in [0.1, 0.15) is 27.3 Å². The van der Waals surface area contributed by atoms with Gasteiger partial charge in [0, 0.05) is 24.2 Å². The van der Waals surface area contributed by atoms with Crippen molar-refractivity contribution in [2.24, 2.45) is 5.73 Å². The lowest BCUT2D eigenvalue weighted by Crippen LogP contribution is -2.29. The number of halogens is 1. The van der Waals surface area contributed by atoms with E-state index in [0.29, 0.717) is 16.4 Å². The van der Waals surface area contributed by atoms with E-state index in [4.69, 9.17) is 17.3 Å². The summed E-state index contributed by atoms with van der Waals surface area (Å²) < 4.78 is 1.53. The van der Waals surface area contributed by atoms with Gasteiger partial charge in [-0.15, -0.1) is 0 Å². The first kappa shape index (κ1) is 20.1. The molecule has 0 aliphatic heterocycles. The first-order valence-corrected chi connectivity index (χ1v) is 9.10. The van der Waals surface area contributed by atoms with Gasteiger partial charge in [0.1, 0.15) is 0 Å². The van der Waals surface area contributed by atoms with E-state index < -0.39 is 17.7 Å². The number of amides is 3. The molecule has 0 unspecified atom stereocenters. The van der Waals surface area contributed by atoms with Crippen LogP contribution in [0.3, 0.4) is 0 Å². The molecule has 0 bridgehead atoms. The number of nitrogens with zero attached hydrogens (tertiary/aromatic N) is 2. The standard InChI is InChI=1S/C20H18ClN5O3/c21-13-4-3-5-14(12-13)26-11-9-17(25-26)20(29)24-16-7-2-1-6-15(16)19(28)23-10-8-18(22)27/h1-7,9,11-12H,8,10H2,(H2,22,27)(H,23,28)(H,24,29). The number of rotatable bonds is 7. The summed E-state index contributed by atoms with van der Waals surface area (Å²) in [5, 5.41) is 10.1. The number of hydrogen-bond acceptors (Lipinski definition) is 4. The predicted octanol–water partition coefficient (Wildman–Crippen LogP) is 2.38. The van der Waals surface area contributed by atoms with Gasteiger partial charge in [-0.25, -0.2) is 4.68 Å². The van der Waals surface area contributed by atoms with Crippen molar-refractivity contribution in [2.75, 3.05) is 11.9 Å². The van der Waals surface area contributed by atoms with E-state index in [1.165, 1.54) is 4.68 Å². The molecule has 0 radical (unpaired) electrons. The molecule has 0 saturated heterocycles. The Morgan fingerprint density at radius 3 is 2.59 bits per heavy atom. The Balaban J connectivity index is 1.73. The van der Waals surface area contributed by atoms with Crippen LogP contribution in [-0.4, -0.2) is 34.0 Å². The summed E-state index contributed by atoms with van der Waals surface area (Å²) in [5.74, 6) is -1.41. The quantitative estimate of drug-likeness (QED) is 0.552. The predicted molar refractivity (Wildman–Crippen MR) is 109 cm³/mol. The molecule has 0 aliphatic carbocycles. The van der Waals surface area contributed by atoms with Crippen molar-refractivity contribution in [2.45, 2.75) is 6.42 Å². The summed E-state index contributed by atoms with van der Waals surface area (Å²) in [5.41, 5.74) is 6.54. The van der Waals surface area contributed by atoms with E-state index in [2.05, 4.69) is 15.7 Å². The molecule has 148 valence electrons. The number of benzene rings is 2. The zero-order valence-electron chi connectivity index (χ0n) is 15.3. The summed E-state index contributed by atoms with van der Waals surface area (Å²) in [4.78, 5) is 35.7. The number of para-hydroxylation sites is 1. The van der Waals surface area contributed by atoms with Crippen molar-refractivity contribution in [3.63, 3.8) is 0 Å². The van der Waals surface area contributed by atoms with Crippen molar-refractivity contribution in [1.29, 1.82) is 0 Å². The Kier molecular flexibility index (Phi) is 6.25. The number of nitrogens with one attached hydrogen (secondary N) is 2. The van der Waals surface area contributed by atoms with E-state index in [-0.39, 0.29) is 24.2 Å². The summed E-state index contributed by atoms with van der Waals surface area (Å²) in [6, 6.07) is 15.2. The molecule has 0 atom stereocenters. The zero-order valence-corrected chi connectivity index (χ0v) is 16.0. The first-order chi connectivity index (χ1) is 13.9. The molecule has 0 saturated carbocycles. The molecule has 0 fully saturated rings. The van der Waals surface area contributed by atoms with Gasteiger partial charge in [-0.3, -0.25) is 14.4 Å². The maximum absolute atomic E-state index is 12.6. The zero-order chi connectivity index (χ0) is 20.8. The smallest absolute Gasteiger partial charge is 0.276 e. The lowest BCUT2D eigenvalue weighted by atomic mass is 10.1. The summed E-state index contributed by atoms with van der Waals surface area (Å²) in [6.45, 7) is 0.112. The highest BCUT2D eigenvalue weighted by atomic mass is 35.5. The molecule has 3 aromatic rings. The molecule has 8 nitrogen and oxygen atoms in total. The number of nitrogens with two attached hydrogens (primary N) is 1. The second kappa shape index (κ2) is 9.03. The van der Waals surface area contributed by atoms with E-state index in [0.717, 1.165) is 0 Å². The highest BCUT2D eigenvalue weighted by Gasteiger charge is 2.16. The Morgan fingerprint density at radius 2 is 1.83 bits per heavy atom. The molecule has 9 heteroatoms. The maximum Gasteiger partial charge on any atom is 0.276 e. The topological polar surface area (TPSA) is 119 Å². The minimum Gasteiger partial charge on any atom is -0.370 e. The van der Waals surface area contributed by atoms with Crippen LogP contribution in [0.5, 0.6) is 0 Å². The SMILES string of the molecule is NC(=O)CCNC(=O)c1ccccc1NC(=O)c1ccn(-c2cccc(Cl)c2)n1. The van der Waals surface area contributed by atoms with Crippen LogP contribution >= 0.6 is 11.6 Å². The number of primary amides is 1. The maximum atomic E-state index is 12.6. The Bertz CT molecular complexity index is 1060. The van der Waals surface area contributed by atoms with Gasteiger partial charge in [0.05, 0.1) is 16.9 Å². The van der Waals surface area contributed by atoms with Crippen molar-refractivity contribution in [3.05, 3.63) is 77.1 Å². The third kappa shape index (κ3) is 5.20. The molecule has 1 heterocycles. The average molecular weight is 412 g/mol. The van der Waals surface area contributed by atoms with Gasteiger partial charge in [0.15, 0.2) is 5.69 Å². The lowest BCUT2D eigenvalue weighted by molar-refractivity contribution is -0.117. The number of anilines is 1. The van der Waals surface area contributed by atoms with Crippen LogP contribution in [0, 0.1) is 0 Å². The highest BCUT2D eigenvalue weighted by Crippen LogP contribution is 2.17.